The van der Waals surface area contributed by atoms with Gasteiger partial charge >= 0.3 is 6.18 Å². The predicted molar refractivity (Wildman–Crippen MR) is 103 cm³/mol. The third-order valence-corrected chi connectivity index (χ3v) is 4.89. The molecule has 0 aliphatic rings. The zero-order chi connectivity index (χ0) is 18.9. The predicted octanol–water partition coefficient (Wildman–Crippen LogP) is 6.48. The average Bonchev–Trinajstić information content (AvgIpc) is 2.56. The fourth-order valence-electron chi connectivity index (χ4n) is 2.88. The summed E-state index contributed by atoms with van der Waals surface area (Å²) in [6.45, 7) is 3.95. The van der Waals surface area contributed by atoms with Crippen LogP contribution in [-0.2, 0) is 11.9 Å². The van der Waals surface area contributed by atoms with Crippen LogP contribution in [0.2, 0.25) is 0 Å². The Labute approximate surface area is 154 Å². The molecule has 0 bridgehead atoms. The van der Waals surface area contributed by atoms with Crippen LogP contribution in [0.3, 0.4) is 0 Å². The number of nitrogens with one attached hydrogen (secondary N) is 1. The highest BCUT2D eigenvalue weighted by molar-refractivity contribution is 7.97. The van der Waals surface area contributed by atoms with Crippen LogP contribution in [0.5, 0.6) is 0 Å². The van der Waals surface area contributed by atoms with Crippen molar-refractivity contribution in [3.8, 4) is 0 Å². The van der Waals surface area contributed by atoms with Gasteiger partial charge in [-0.15, -0.1) is 0 Å². The van der Waals surface area contributed by atoms with Gasteiger partial charge in [-0.3, -0.25) is 4.98 Å². The van der Waals surface area contributed by atoms with Crippen molar-refractivity contribution in [3.63, 3.8) is 0 Å². The number of nitrogens with zero attached hydrogens (tertiary/aromatic N) is 1. The molecule has 0 aliphatic carbocycles. The maximum atomic E-state index is 13.2. The van der Waals surface area contributed by atoms with E-state index in [-0.39, 0.29) is 5.56 Å². The molecule has 1 N–H and O–H groups in total. The molecule has 0 saturated carbocycles. The van der Waals surface area contributed by atoms with Crippen molar-refractivity contribution >= 4 is 34.0 Å². The fourth-order valence-corrected chi connectivity index (χ4v) is 3.43. The monoisotopic (exact) mass is 376 g/mol. The van der Waals surface area contributed by atoms with Gasteiger partial charge in [0.15, 0.2) is 0 Å². The van der Waals surface area contributed by atoms with Crippen LogP contribution >= 0.6 is 11.8 Å². The molecule has 136 valence electrons. The first kappa shape index (κ1) is 18.6. The number of hydrogen-bond donors (Lipinski definition) is 1. The SMILES string of the molecule is CSCc1cc(Nc2cccc3nc(C)c(C)cc23)ccc1C(F)(F)F. The summed E-state index contributed by atoms with van der Waals surface area (Å²) in [5, 5.41) is 4.20. The Bertz CT molecular complexity index is 952. The van der Waals surface area contributed by atoms with Crippen LogP contribution in [0.1, 0.15) is 22.4 Å². The molecule has 0 aliphatic heterocycles. The number of hydrogen-bond acceptors (Lipinski definition) is 3. The van der Waals surface area contributed by atoms with Gasteiger partial charge in [0.25, 0.3) is 0 Å². The molecule has 2 aromatic carbocycles. The molecule has 1 aromatic heterocycles. The second-order valence-corrected chi connectivity index (χ2v) is 7.06. The van der Waals surface area contributed by atoms with Crippen molar-refractivity contribution in [1.29, 1.82) is 0 Å². The number of pyridine rings is 1. The summed E-state index contributed by atoms with van der Waals surface area (Å²) >= 11 is 1.37. The van der Waals surface area contributed by atoms with E-state index in [0.717, 1.165) is 33.9 Å². The summed E-state index contributed by atoms with van der Waals surface area (Å²) in [6, 6.07) is 12.0. The van der Waals surface area contributed by atoms with Crippen molar-refractivity contribution in [1.82, 2.24) is 4.98 Å². The van der Waals surface area contributed by atoms with Crippen molar-refractivity contribution < 1.29 is 13.2 Å². The minimum absolute atomic E-state index is 0.278. The van der Waals surface area contributed by atoms with Gasteiger partial charge in [0, 0.05) is 28.2 Å². The Morgan fingerprint density at radius 1 is 1.08 bits per heavy atom. The molecule has 0 unspecified atom stereocenters. The quantitative estimate of drug-likeness (QED) is 0.564. The first-order valence-electron chi connectivity index (χ1n) is 8.12. The molecule has 3 rings (SSSR count). The summed E-state index contributed by atoms with van der Waals surface area (Å²) in [7, 11) is 0. The Morgan fingerprint density at radius 2 is 1.85 bits per heavy atom. The maximum absolute atomic E-state index is 13.2. The summed E-state index contributed by atoms with van der Waals surface area (Å²) in [6.07, 6.45) is -2.55. The number of anilines is 2. The van der Waals surface area contributed by atoms with Gasteiger partial charge in [0.05, 0.1) is 11.1 Å². The molecule has 0 saturated heterocycles. The number of aromatic nitrogens is 1. The van der Waals surface area contributed by atoms with Crippen LogP contribution in [0.15, 0.2) is 42.5 Å². The van der Waals surface area contributed by atoms with Crippen LogP contribution < -0.4 is 5.32 Å². The molecule has 1 heterocycles. The van der Waals surface area contributed by atoms with E-state index >= 15 is 0 Å². The van der Waals surface area contributed by atoms with Gasteiger partial charge in [-0.25, -0.2) is 0 Å². The van der Waals surface area contributed by atoms with Crippen molar-refractivity contribution in [2.75, 3.05) is 11.6 Å². The van der Waals surface area contributed by atoms with E-state index in [9.17, 15) is 13.2 Å². The lowest BCUT2D eigenvalue weighted by atomic mass is 10.1. The van der Waals surface area contributed by atoms with Gasteiger partial charge < -0.3 is 5.32 Å². The molecular formula is C20H19F3N2S. The lowest BCUT2D eigenvalue weighted by Gasteiger charge is -2.16. The molecule has 0 amide bonds. The molecule has 3 aromatic rings. The highest BCUT2D eigenvalue weighted by atomic mass is 32.2. The van der Waals surface area contributed by atoms with Crippen molar-refractivity contribution in [2.45, 2.75) is 25.8 Å². The van der Waals surface area contributed by atoms with E-state index in [0.29, 0.717) is 11.4 Å². The number of alkyl halides is 3. The second-order valence-electron chi connectivity index (χ2n) is 6.19. The van der Waals surface area contributed by atoms with E-state index in [4.69, 9.17) is 0 Å². The summed E-state index contributed by atoms with van der Waals surface area (Å²) in [5.74, 6) is 0.305. The molecular weight excluding hydrogens is 357 g/mol. The Hall–Kier alpha value is -2.21. The lowest BCUT2D eigenvalue weighted by Crippen LogP contribution is -2.09. The Kier molecular flexibility index (Phi) is 5.14. The number of thioether (sulfide) groups is 1. The zero-order valence-electron chi connectivity index (χ0n) is 14.7. The third-order valence-electron chi connectivity index (χ3n) is 4.29. The molecule has 2 nitrogen and oxygen atoms in total. The molecule has 0 radical (unpaired) electrons. The topological polar surface area (TPSA) is 24.9 Å². The standard InChI is InChI=1S/C20H19F3N2S/c1-12-9-16-18(24-13(12)2)5-4-6-19(16)25-15-7-8-17(20(21,22)23)14(10-15)11-26-3/h4-10,25H,11H2,1-3H3. The summed E-state index contributed by atoms with van der Waals surface area (Å²) in [5.41, 5.74) is 4.05. The van der Waals surface area contributed by atoms with Crippen molar-refractivity contribution in [3.05, 3.63) is 64.8 Å². The Morgan fingerprint density at radius 3 is 2.54 bits per heavy atom. The van der Waals surface area contributed by atoms with E-state index < -0.39 is 11.7 Å². The van der Waals surface area contributed by atoms with Gasteiger partial charge in [0.2, 0.25) is 0 Å². The minimum atomic E-state index is -4.35. The van der Waals surface area contributed by atoms with Gasteiger partial charge in [0.1, 0.15) is 0 Å². The van der Waals surface area contributed by atoms with E-state index in [2.05, 4.69) is 10.3 Å². The van der Waals surface area contributed by atoms with Crippen LogP contribution in [0.4, 0.5) is 24.5 Å². The molecule has 0 spiro atoms. The molecule has 0 fully saturated rings. The van der Waals surface area contributed by atoms with Gasteiger partial charge in [-0.1, -0.05) is 6.07 Å². The highest BCUT2D eigenvalue weighted by Crippen LogP contribution is 2.36. The van der Waals surface area contributed by atoms with Crippen LogP contribution in [-0.4, -0.2) is 11.2 Å². The summed E-state index contributed by atoms with van der Waals surface area (Å²) in [4.78, 5) is 4.58. The van der Waals surface area contributed by atoms with E-state index in [1.54, 1.807) is 12.3 Å². The first-order valence-corrected chi connectivity index (χ1v) is 9.52. The highest BCUT2D eigenvalue weighted by Gasteiger charge is 2.33. The zero-order valence-corrected chi connectivity index (χ0v) is 15.6. The first-order chi connectivity index (χ1) is 12.3. The number of aryl methyl sites for hydroxylation is 2. The average molecular weight is 376 g/mol. The number of rotatable bonds is 4. The minimum Gasteiger partial charge on any atom is -0.355 e. The van der Waals surface area contributed by atoms with Crippen LogP contribution in [0, 0.1) is 13.8 Å². The molecule has 26 heavy (non-hydrogen) atoms. The maximum Gasteiger partial charge on any atom is 0.416 e. The van der Waals surface area contributed by atoms with Gasteiger partial charge in [-0.2, -0.15) is 24.9 Å². The smallest absolute Gasteiger partial charge is 0.355 e. The third kappa shape index (κ3) is 3.80. The second kappa shape index (κ2) is 7.19. The van der Waals surface area contributed by atoms with Crippen molar-refractivity contribution in [2.24, 2.45) is 0 Å². The van der Waals surface area contributed by atoms with E-state index in [1.807, 2.05) is 38.1 Å². The van der Waals surface area contributed by atoms with Crippen LogP contribution in [0.25, 0.3) is 10.9 Å². The summed E-state index contributed by atoms with van der Waals surface area (Å²) < 4.78 is 39.5. The lowest BCUT2D eigenvalue weighted by molar-refractivity contribution is -0.138. The number of fused-ring (bicyclic) bond motifs is 1. The molecule has 0 atom stereocenters. The number of benzene rings is 2. The van der Waals surface area contributed by atoms with E-state index in [1.165, 1.54) is 17.8 Å². The Balaban J connectivity index is 2.03. The molecule has 6 heteroatoms. The largest absolute Gasteiger partial charge is 0.416 e. The fraction of sp³-hybridized carbons (Fsp3) is 0.250. The van der Waals surface area contributed by atoms with Gasteiger partial charge in [-0.05, 0) is 67.6 Å². The number of halogens is 3. The normalized spacial score (nSPS) is 11.8.